The molecule has 0 saturated heterocycles. The molecule has 1 aliphatic heterocycles. The lowest BCUT2D eigenvalue weighted by molar-refractivity contribution is 0.0931. The number of nitrogens with zero attached hydrogens (tertiary/aromatic N) is 2. The molecule has 0 bridgehead atoms. The minimum absolute atomic E-state index is 0.258. The molecule has 0 aliphatic carbocycles. The summed E-state index contributed by atoms with van der Waals surface area (Å²) in [5, 5.41) is 7.11. The Balaban J connectivity index is 1.94. The highest BCUT2D eigenvalue weighted by molar-refractivity contribution is 7.92. The Morgan fingerprint density at radius 3 is 2.59 bits per heavy atom. The lowest BCUT2D eigenvalue weighted by atomic mass is 9.88. The van der Waals surface area contributed by atoms with Gasteiger partial charge in [0.1, 0.15) is 17.0 Å². The van der Waals surface area contributed by atoms with E-state index in [1.54, 1.807) is 19.1 Å². The van der Waals surface area contributed by atoms with Crippen molar-refractivity contribution in [3.05, 3.63) is 46.8 Å². The van der Waals surface area contributed by atoms with Gasteiger partial charge in [0.2, 0.25) is 10.0 Å². The van der Waals surface area contributed by atoms with E-state index in [1.807, 2.05) is 32.9 Å². The minimum Gasteiger partial charge on any atom is -0.361 e. The second-order valence-corrected chi connectivity index (χ2v) is 9.83. The zero-order valence-corrected chi connectivity index (χ0v) is 17.1. The Kier molecular flexibility index (Phi) is 4.80. The number of hydrogen-bond acceptors (Lipinski definition) is 5. The Hall–Kier alpha value is -2.35. The maximum atomic E-state index is 13.0. The van der Waals surface area contributed by atoms with Gasteiger partial charge < -0.3 is 9.84 Å². The van der Waals surface area contributed by atoms with Crippen LogP contribution in [0.3, 0.4) is 0 Å². The van der Waals surface area contributed by atoms with Crippen LogP contribution in [-0.4, -0.2) is 32.3 Å². The van der Waals surface area contributed by atoms with E-state index in [4.69, 9.17) is 4.52 Å². The average Bonchev–Trinajstić information content (AvgIpc) is 2.96. The summed E-state index contributed by atoms with van der Waals surface area (Å²) in [5.74, 6) is 0.213. The molecule has 1 aliphatic rings. The first-order valence-corrected chi connectivity index (χ1v) is 10.7. The van der Waals surface area contributed by atoms with Gasteiger partial charge in [-0.2, -0.15) is 0 Å². The first-order valence-electron chi connectivity index (χ1n) is 8.84. The van der Waals surface area contributed by atoms with E-state index in [0.717, 1.165) is 5.56 Å². The molecule has 1 unspecified atom stereocenters. The molecule has 27 heavy (non-hydrogen) atoms. The van der Waals surface area contributed by atoms with Crippen molar-refractivity contribution in [3.8, 4) is 0 Å². The number of rotatable bonds is 3. The quantitative estimate of drug-likeness (QED) is 0.868. The molecule has 1 amide bonds. The van der Waals surface area contributed by atoms with Gasteiger partial charge in [0.05, 0.1) is 18.0 Å². The largest absolute Gasteiger partial charge is 0.361 e. The zero-order chi connectivity index (χ0) is 20.0. The predicted octanol–water partition coefficient (Wildman–Crippen LogP) is 2.92. The lowest BCUT2D eigenvalue weighted by Crippen LogP contribution is -2.41. The van der Waals surface area contributed by atoms with Crippen molar-refractivity contribution in [1.29, 1.82) is 0 Å². The number of hydrogen-bond donors (Lipinski definition) is 1. The summed E-state index contributed by atoms with van der Waals surface area (Å²) in [6.45, 7) is 7.95. The fourth-order valence-electron chi connectivity index (χ4n) is 3.41. The first kappa shape index (κ1) is 19.4. The van der Waals surface area contributed by atoms with Crippen molar-refractivity contribution >= 4 is 21.6 Å². The van der Waals surface area contributed by atoms with E-state index < -0.39 is 10.0 Å². The van der Waals surface area contributed by atoms with Gasteiger partial charge in [-0.15, -0.1) is 0 Å². The van der Waals surface area contributed by atoms with E-state index in [1.165, 1.54) is 10.6 Å². The summed E-state index contributed by atoms with van der Waals surface area (Å²) in [6.07, 6.45) is 1.68. The number of carbonyl (C=O) groups is 1. The molecular weight excluding hydrogens is 366 g/mol. The SMILES string of the molecule is Cc1onc(C(C)(C)C)c1C(=O)NC1CCN(S(C)(=O)=O)c2ccccc21. The number of para-hydroxylation sites is 1. The predicted molar refractivity (Wildman–Crippen MR) is 103 cm³/mol. The summed E-state index contributed by atoms with van der Waals surface area (Å²) in [7, 11) is -3.37. The molecule has 7 nitrogen and oxygen atoms in total. The third kappa shape index (κ3) is 3.71. The molecule has 0 spiro atoms. The van der Waals surface area contributed by atoms with E-state index in [-0.39, 0.29) is 17.4 Å². The van der Waals surface area contributed by atoms with Crippen molar-refractivity contribution in [1.82, 2.24) is 10.5 Å². The van der Waals surface area contributed by atoms with Gasteiger partial charge in [0.25, 0.3) is 5.91 Å². The van der Waals surface area contributed by atoms with Crippen LogP contribution < -0.4 is 9.62 Å². The zero-order valence-electron chi connectivity index (χ0n) is 16.2. The van der Waals surface area contributed by atoms with Crippen LogP contribution in [0.15, 0.2) is 28.8 Å². The second kappa shape index (κ2) is 6.67. The van der Waals surface area contributed by atoms with Crippen molar-refractivity contribution in [2.24, 2.45) is 0 Å². The van der Waals surface area contributed by atoms with Gasteiger partial charge in [0, 0.05) is 12.0 Å². The number of nitrogens with one attached hydrogen (secondary N) is 1. The molecule has 0 radical (unpaired) electrons. The fraction of sp³-hybridized carbons (Fsp3) is 0.474. The van der Waals surface area contributed by atoms with Crippen LogP contribution >= 0.6 is 0 Å². The van der Waals surface area contributed by atoms with E-state index in [2.05, 4.69) is 10.5 Å². The second-order valence-electron chi connectivity index (χ2n) is 7.92. The highest BCUT2D eigenvalue weighted by Gasteiger charge is 2.33. The van der Waals surface area contributed by atoms with Crippen LogP contribution in [0.1, 0.15) is 60.6 Å². The molecule has 0 saturated carbocycles. The minimum atomic E-state index is -3.37. The maximum absolute atomic E-state index is 13.0. The Bertz CT molecular complexity index is 973. The Morgan fingerprint density at radius 2 is 1.96 bits per heavy atom. The van der Waals surface area contributed by atoms with Crippen molar-refractivity contribution < 1.29 is 17.7 Å². The number of sulfonamides is 1. The van der Waals surface area contributed by atoms with Gasteiger partial charge in [-0.25, -0.2) is 8.42 Å². The van der Waals surface area contributed by atoms with Crippen LogP contribution in [0.2, 0.25) is 0 Å². The summed E-state index contributed by atoms with van der Waals surface area (Å²) >= 11 is 0. The molecule has 1 N–H and O–H groups in total. The monoisotopic (exact) mass is 391 g/mol. The van der Waals surface area contributed by atoms with Gasteiger partial charge in [-0.05, 0) is 25.0 Å². The summed E-state index contributed by atoms with van der Waals surface area (Å²) in [5.41, 5.74) is 2.12. The van der Waals surface area contributed by atoms with Crippen LogP contribution in [0.25, 0.3) is 0 Å². The molecule has 8 heteroatoms. The van der Waals surface area contributed by atoms with Crippen LogP contribution in [0, 0.1) is 6.92 Å². The average molecular weight is 391 g/mol. The highest BCUT2D eigenvalue weighted by atomic mass is 32.2. The third-order valence-electron chi connectivity index (χ3n) is 4.71. The molecule has 1 aromatic heterocycles. The molecule has 2 aromatic rings. The van der Waals surface area contributed by atoms with Crippen molar-refractivity contribution in [3.63, 3.8) is 0 Å². The number of fused-ring (bicyclic) bond motifs is 1. The number of carbonyl (C=O) groups excluding carboxylic acids is 1. The van der Waals surface area contributed by atoms with E-state index in [9.17, 15) is 13.2 Å². The molecule has 3 rings (SSSR count). The lowest BCUT2D eigenvalue weighted by Gasteiger charge is -2.34. The van der Waals surface area contributed by atoms with Crippen LogP contribution in [0.5, 0.6) is 0 Å². The smallest absolute Gasteiger partial charge is 0.257 e. The molecule has 1 atom stereocenters. The Labute approximate surface area is 159 Å². The normalized spacial score (nSPS) is 17.5. The highest BCUT2D eigenvalue weighted by Crippen LogP contribution is 2.35. The van der Waals surface area contributed by atoms with Crippen LogP contribution in [-0.2, 0) is 15.4 Å². The van der Waals surface area contributed by atoms with Gasteiger partial charge in [-0.3, -0.25) is 9.10 Å². The first-order chi connectivity index (χ1) is 12.5. The fourth-order valence-corrected chi connectivity index (χ4v) is 4.37. The molecule has 1 aromatic carbocycles. The number of aryl methyl sites for hydroxylation is 1. The number of benzene rings is 1. The number of anilines is 1. The summed E-state index contributed by atoms with van der Waals surface area (Å²) in [4.78, 5) is 13.0. The molecular formula is C19H25N3O4S. The van der Waals surface area contributed by atoms with Crippen molar-refractivity contribution in [2.75, 3.05) is 17.1 Å². The summed E-state index contributed by atoms with van der Waals surface area (Å²) < 4.78 is 30.8. The Morgan fingerprint density at radius 1 is 1.30 bits per heavy atom. The maximum Gasteiger partial charge on any atom is 0.257 e. The van der Waals surface area contributed by atoms with Gasteiger partial charge in [-0.1, -0.05) is 44.1 Å². The van der Waals surface area contributed by atoms with E-state index >= 15 is 0 Å². The molecule has 146 valence electrons. The summed E-state index contributed by atoms with van der Waals surface area (Å²) in [6, 6.07) is 6.97. The molecule has 2 heterocycles. The van der Waals surface area contributed by atoms with E-state index in [0.29, 0.717) is 35.7 Å². The van der Waals surface area contributed by atoms with Crippen molar-refractivity contribution in [2.45, 2.75) is 45.6 Å². The molecule has 0 fully saturated rings. The van der Waals surface area contributed by atoms with Gasteiger partial charge >= 0.3 is 0 Å². The number of aromatic nitrogens is 1. The van der Waals surface area contributed by atoms with Crippen LogP contribution in [0.4, 0.5) is 5.69 Å². The number of amides is 1. The topological polar surface area (TPSA) is 92.5 Å². The van der Waals surface area contributed by atoms with Gasteiger partial charge in [0.15, 0.2) is 0 Å². The third-order valence-corrected chi connectivity index (χ3v) is 5.89. The standard InChI is InChI=1S/C19H25N3O4S/c1-12-16(17(21-26-12)19(2,3)4)18(23)20-14-10-11-22(27(5,24)25)15-9-7-6-8-13(14)15/h6-9,14H,10-11H2,1-5H3,(H,20,23).